The molecule has 170 valence electrons. The Hall–Kier alpha value is -3.11. The van der Waals surface area contributed by atoms with E-state index in [1.165, 1.54) is 11.8 Å². The van der Waals surface area contributed by atoms with Crippen molar-refractivity contribution >= 4 is 28.6 Å². The molecule has 1 aromatic heterocycles. The Balaban J connectivity index is 1.67. The van der Waals surface area contributed by atoms with Gasteiger partial charge in [-0.2, -0.15) is 5.26 Å². The van der Waals surface area contributed by atoms with Crippen LogP contribution < -0.4 is 10.9 Å². The standard InChI is InChI=1S/C26H28N4O2S/c1-18-10-9-13-22(19(18)2)30-24(32)20-11-5-6-12-21(20)28-25(30)33-16-23(31)29-26(17-27)14-7-3-4-8-15-26/h5-6,9-13H,3-4,7-8,14-16H2,1-2H3,(H,29,31). The van der Waals surface area contributed by atoms with Crippen LogP contribution in [0.5, 0.6) is 0 Å². The van der Waals surface area contributed by atoms with Crippen LogP contribution in [0, 0.1) is 25.2 Å². The molecule has 0 saturated heterocycles. The SMILES string of the molecule is Cc1cccc(-n2c(SCC(=O)NC3(C#N)CCCCCC3)nc3ccccc3c2=O)c1C. The second-order valence-corrected chi connectivity index (χ2v) is 9.66. The summed E-state index contributed by atoms with van der Waals surface area (Å²) in [7, 11) is 0. The Bertz CT molecular complexity index is 1280. The van der Waals surface area contributed by atoms with E-state index in [0.29, 0.717) is 28.9 Å². The van der Waals surface area contributed by atoms with Crippen molar-refractivity contribution in [3.63, 3.8) is 0 Å². The summed E-state index contributed by atoms with van der Waals surface area (Å²) in [5.41, 5.74) is 2.48. The first-order chi connectivity index (χ1) is 15.9. The molecular weight excluding hydrogens is 432 g/mol. The molecule has 2 aromatic carbocycles. The number of para-hydroxylation sites is 1. The average Bonchev–Trinajstić information content (AvgIpc) is 3.06. The van der Waals surface area contributed by atoms with E-state index in [-0.39, 0.29) is 17.2 Å². The van der Waals surface area contributed by atoms with Crippen LogP contribution in [0.2, 0.25) is 0 Å². The van der Waals surface area contributed by atoms with E-state index in [1.807, 2.05) is 50.2 Å². The number of nitrogens with zero attached hydrogens (tertiary/aromatic N) is 3. The molecule has 7 heteroatoms. The van der Waals surface area contributed by atoms with E-state index in [1.54, 1.807) is 10.6 Å². The number of nitriles is 1. The molecule has 1 saturated carbocycles. The average molecular weight is 461 g/mol. The monoisotopic (exact) mass is 460 g/mol. The summed E-state index contributed by atoms with van der Waals surface area (Å²) >= 11 is 1.23. The molecule has 0 atom stereocenters. The van der Waals surface area contributed by atoms with Crippen LogP contribution in [-0.2, 0) is 4.79 Å². The van der Waals surface area contributed by atoms with Gasteiger partial charge in [0.1, 0.15) is 5.54 Å². The van der Waals surface area contributed by atoms with Crippen LogP contribution in [0.15, 0.2) is 52.4 Å². The Morgan fingerprint density at radius 3 is 2.58 bits per heavy atom. The minimum Gasteiger partial charge on any atom is -0.337 e. The maximum absolute atomic E-state index is 13.5. The predicted molar refractivity (Wildman–Crippen MR) is 132 cm³/mol. The molecule has 0 radical (unpaired) electrons. The van der Waals surface area contributed by atoms with Crippen molar-refractivity contribution in [1.29, 1.82) is 5.26 Å². The number of fused-ring (bicyclic) bond motifs is 1. The number of rotatable bonds is 5. The van der Waals surface area contributed by atoms with Gasteiger partial charge in [-0.3, -0.25) is 14.2 Å². The second kappa shape index (κ2) is 9.80. The summed E-state index contributed by atoms with van der Waals surface area (Å²) in [6.07, 6.45) is 5.44. The lowest BCUT2D eigenvalue weighted by molar-refractivity contribution is -0.120. The fraction of sp³-hybridized carbons (Fsp3) is 0.385. The lowest BCUT2D eigenvalue weighted by atomic mass is 9.92. The van der Waals surface area contributed by atoms with Gasteiger partial charge in [0.2, 0.25) is 5.91 Å². The summed E-state index contributed by atoms with van der Waals surface area (Å²) in [5.74, 6) is -0.127. The molecule has 1 N–H and O–H groups in total. The minimum atomic E-state index is -0.794. The molecule has 0 bridgehead atoms. The summed E-state index contributed by atoms with van der Waals surface area (Å²) in [4.78, 5) is 31.1. The van der Waals surface area contributed by atoms with Gasteiger partial charge < -0.3 is 5.32 Å². The Kier molecular flexibility index (Phi) is 6.85. The number of aromatic nitrogens is 2. The van der Waals surface area contributed by atoms with Crippen molar-refractivity contribution in [2.75, 3.05) is 5.75 Å². The second-order valence-electron chi connectivity index (χ2n) is 8.72. The number of amides is 1. The zero-order chi connectivity index (χ0) is 23.4. The lowest BCUT2D eigenvalue weighted by Crippen LogP contribution is -2.47. The largest absolute Gasteiger partial charge is 0.337 e. The first-order valence-corrected chi connectivity index (χ1v) is 12.4. The van der Waals surface area contributed by atoms with Crippen LogP contribution in [0.25, 0.3) is 16.6 Å². The molecule has 6 nitrogen and oxygen atoms in total. The molecule has 0 unspecified atom stereocenters. The van der Waals surface area contributed by atoms with Crippen LogP contribution in [0.3, 0.4) is 0 Å². The van der Waals surface area contributed by atoms with E-state index < -0.39 is 5.54 Å². The highest BCUT2D eigenvalue weighted by Gasteiger charge is 2.32. The third kappa shape index (κ3) is 4.81. The lowest BCUT2D eigenvalue weighted by Gasteiger charge is -2.26. The van der Waals surface area contributed by atoms with Gasteiger partial charge in [0.15, 0.2) is 5.16 Å². The summed E-state index contributed by atoms with van der Waals surface area (Å²) in [6, 6.07) is 15.4. The zero-order valence-electron chi connectivity index (χ0n) is 19.1. The van der Waals surface area contributed by atoms with Gasteiger partial charge in [-0.1, -0.05) is 61.7 Å². The number of benzene rings is 2. The van der Waals surface area contributed by atoms with Crippen LogP contribution in [-0.4, -0.2) is 26.8 Å². The fourth-order valence-electron chi connectivity index (χ4n) is 4.43. The molecule has 1 fully saturated rings. The van der Waals surface area contributed by atoms with Crippen molar-refractivity contribution in [2.45, 2.75) is 63.1 Å². The third-order valence-electron chi connectivity index (χ3n) is 6.44. The van der Waals surface area contributed by atoms with Gasteiger partial charge >= 0.3 is 0 Å². The highest BCUT2D eigenvalue weighted by atomic mass is 32.2. The van der Waals surface area contributed by atoms with Gasteiger partial charge in [0.25, 0.3) is 5.56 Å². The number of hydrogen-bond donors (Lipinski definition) is 1. The summed E-state index contributed by atoms with van der Waals surface area (Å²) in [6.45, 7) is 3.99. The van der Waals surface area contributed by atoms with E-state index >= 15 is 0 Å². The molecule has 1 aliphatic carbocycles. The van der Waals surface area contributed by atoms with Crippen molar-refractivity contribution in [1.82, 2.24) is 14.9 Å². The van der Waals surface area contributed by atoms with Crippen molar-refractivity contribution in [3.05, 3.63) is 63.9 Å². The number of aryl methyl sites for hydroxylation is 1. The van der Waals surface area contributed by atoms with Gasteiger partial charge in [0, 0.05) is 0 Å². The smallest absolute Gasteiger partial charge is 0.266 e. The number of hydrogen-bond acceptors (Lipinski definition) is 5. The van der Waals surface area contributed by atoms with E-state index in [4.69, 9.17) is 4.98 Å². The Labute approximate surface area is 198 Å². The zero-order valence-corrected chi connectivity index (χ0v) is 19.9. The van der Waals surface area contributed by atoms with E-state index in [2.05, 4.69) is 11.4 Å². The first-order valence-electron chi connectivity index (χ1n) is 11.4. The van der Waals surface area contributed by atoms with Crippen LogP contribution >= 0.6 is 11.8 Å². The number of thioether (sulfide) groups is 1. The van der Waals surface area contributed by atoms with Gasteiger partial charge in [0.05, 0.1) is 28.4 Å². The first kappa shape index (κ1) is 23.1. The molecule has 1 aliphatic rings. The van der Waals surface area contributed by atoms with Gasteiger partial charge in [-0.25, -0.2) is 4.98 Å². The summed E-state index contributed by atoms with van der Waals surface area (Å²) in [5, 5.41) is 13.8. The molecular formula is C26H28N4O2S. The third-order valence-corrected chi connectivity index (χ3v) is 7.38. The van der Waals surface area contributed by atoms with Crippen LogP contribution in [0.4, 0.5) is 0 Å². The van der Waals surface area contributed by atoms with Gasteiger partial charge in [-0.15, -0.1) is 0 Å². The normalized spacial score (nSPS) is 15.5. The highest BCUT2D eigenvalue weighted by Crippen LogP contribution is 2.28. The summed E-state index contributed by atoms with van der Waals surface area (Å²) < 4.78 is 1.61. The Morgan fingerprint density at radius 2 is 1.85 bits per heavy atom. The van der Waals surface area contributed by atoms with E-state index in [0.717, 1.165) is 42.5 Å². The predicted octanol–water partition coefficient (Wildman–Crippen LogP) is 4.83. The molecule has 0 aliphatic heterocycles. The fourth-order valence-corrected chi connectivity index (χ4v) is 5.23. The Morgan fingerprint density at radius 1 is 1.12 bits per heavy atom. The highest BCUT2D eigenvalue weighted by molar-refractivity contribution is 7.99. The van der Waals surface area contributed by atoms with Crippen molar-refractivity contribution < 1.29 is 4.79 Å². The molecule has 1 amide bonds. The van der Waals surface area contributed by atoms with Crippen molar-refractivity contribution in [3.8, 4) is 11.8 Å². The maximum Gasteiger partial charge on any atom is 0.266 e. The number of carbonyl (C=O) groups is 1. The van der Waals surface area contributed by atoms with Gasteiger partial charge in [-0.05, 0) is 56.0 Å². The minimum absolute atomic E-state index is 0.0824. The molecule has 33 heavy (non-hydrogen) atoms. The maximum atomic E-state index is 13.5. The van der Waals surface area contributed by atoms with E-state index in [9.17, 15) is 14.9 Å². The topological polar surface area (TPSA) is 87.8 Å². The molecule has 4 rings (SSSR count). The molecule has 3 aromatic rings. The molecule has 0 spiro atoms. The molecule has 1 heterocycles. The quantitative estimate of drug-likeness (QED) is 0.335. The van der Waals surface area contributed by atoms with Crippen molar-refractivity contribution in [2.24, 2.45) is 0 Å². The number of carbonyl (C=O) groups excluding carboxylic acids is 1. The van der Waals surface area contributed by atoms with Crippen LogP contribution in [0.1, 0.15) is 49.7 Å². The number of nitrogens with one attached hydrogen (secondary N) is 1.